The monoisotopic (exact) mass is 244 g/mol. The van der Waals surface area contributed by atoms with Crippen LogP contribution in [-0.4, -0.2) is 16.8 Å². The van der Waals surface area contributed by atoms with Gasteiger partial charge in [0, 0.05) is 4.90 Å². The van der Waals surface area contributed by atoms with E-state index in [1.54, 1.807) is 23.9 Å². The zero-order valence-electron chi connectivity index (χ0n) is 8.50. The molecule has 1 aromatic rings. The number of hydrogen-bond donors (Lipinski definition) is 1. The maximum Gasteiger partial charge on any atom is 0.335 e. The van der Waals surface area contributed by atoms with Crippen LogP contribution in [0.3, 0.4) is 0 Å². The van der Waals surface area contributed by atoms with Crippen molar-refractivity contribution in [3.63, 3.8) is 0 Å². The number of carbonyl (C=O) groups is 1. The highest BCUT2D eigenvalue weighted by atomic mass is 35.5. The van der Waals surface area contributed by atoms with Crippen LogP contribution < -0.4 is 0 Å². The van der Waals surface area contributed by atoms with E-state index in [0.717, 1.165) is 23.5 Å². The summed E-state index contributed by atoms with van der Waals surface area (Å²) in [6.07, 6.45) is 2.24. The molecule has 82 valence electrons. The lowest BCUT2D eigenvalue weighted by Crippen LogP contribution is -1.96. The molecule has 0 aliphatic heterocycles. The van der Waals surface area contributed by atoms with E-state index < -0.39 is 5.97 Å². The van der Waals surface area contributed by atoms with Gasteiger partial charge in [0.15, 0.2) is 0 Å². The fourth-order valence-corrected chi connectivity index (χ4v) is 2.42. The molecule has 1 rings (SSSR count). The SMILES string of the molecule is CCCCSc1cc(C(=O)O)ccc1Cl. The van der Waals surface area contributed by atoms with Crippen LogP contribution in [0.5, 0.6) is 0 Å². The molecule has 1 aromatic carbocycles. The lowest BCUT2D eigenvalue weighted by Gasteiger charge is -2.04. The van der Waals surface area contributed by atoms with Gasteiger partial charge in [0.05, 0.1) is 10.6 Å². The van der Waals surface area contributed by atoms with Crippen molar-refractivity contribution in [3.8, 4) is 0 Å². The number of halogens is 1. The van der Waals surface area contributed by atoms with Crippen molar-refractivity contribution in [1.29, 1.82) is 0 Å². The summed E-state index contributed by atoms with van der Waals surface area (Å²) < 4.78 is 0. The molecule has 1 N–H and O–H groups in total. The fourth-order valence-electron chi connectivity index (χ4n) is 1.07. The van der Waals surface area contributed by atoms with E-state index in [-0.39, 0.29) is 0 Å². The first kappa shape index (κ1) is 12.4. The summed E-state index contributed by atoms with van der Waals surface area (Å²) in [5, 5.41) is 9.45. The number of thioether (sulfide) groups is 1. The number of aromatic carboxylic acids is 1. The second kappa shape index (κ2) is 6.03. The third kappa shape index (κ3) is 3.76. The van der Waals surface area contributed by atoms with E-state index in [0.29, 0.717) is 10.6 Å². The maximum absolute atomic E-state index is 10.7. The molecule has 0 bridgehead atoms. The second-order valence-corrected chi connectivity index (χ2v) is 4.70. The average molecular weight is 245 g/mol. The predicted octanol–water partition coefficient (Wildman–Crippen LogP) is 3.93. The summed E-state index contributed by atoms with van der Waals surface area (Å²) in [5.74, 6) is 0.0586. The molecule has 0 saturated carbocycles. The van der Waals surface area contributed by atoms with Gasteiger partial charge in [-0.1, -0.05) is 24.9 Å². The first-order valence-corrected chi connectivity index (χ1v) is 6.17. The molecule has 0 spiro atoms. The van der Waals surface area contributed by atoms with E-state index >= 15 is 0 Å². The van der Waals surface area contributed by atoms with Crippen LogP contribution >= 0.6 is 23.4 Å². The van der Waals surface area contributed by atoms with Crippen molar-refractivity contribution in [2.75, 3.05) is 5.75 Å². The molecule has 0 atom stereocenters. The fraction of sp³-hybridized carbons (Fsp3) is 0.364. The Bertz CT molecular complexity index is 352. The van der Waals surface area contributed by atoms with E-state index in [1.807, 2.05) is 0 Å². The number of carboxylic acid groups (broad SMARTS) is 1. The molecular formula is C11H13ClO2S. The summed E-state index contributed by atoms with van der Waals surface area (Å²) in [7, 11) is 0. The van der Waals surface area contributed by atoms with Gasteiger partial charge in [0.2, 0.25) is 0 Å². The molecule has 0 unspecified atom stereocenters. The minimum Gasteiger partial charge on any atom is -0.478 e. The third-order valence-electron chi connectivity index (χ3n) is 1.93. The van der Waals surface area contributed by atoms with Crippen LogP contribution in [0, 0.1) is 0 Å². The Kier molecular flexibility index (Phi) is 4.99. The Morgan fingerprint density at radius 3 is 2.87 bits per heavy atom. The van der Waals surface area contributed by atoms with E-state index in [9.17, 15) is 4.79 Å². The van der Waals surface area contributed by atoms with E-state index in [4.69, 9.17) is 16.7 Å². The Morgan fingerprint density at radius 1 is 1.53 bits per heavy atom. The Balaban J connectivity index is 2.76. The van der Waals surface area contributed by atoms with Gasteiger partial charge in [-0.3, -0.25) is 0 Å². The molecule has 0 aliphatic rings. The van der Waals surface area contributed by atoms with Crippen molar-refractivity contribution in [1.82, 2.24) is 0 Å². The van der Waals surface area contributed by atoms with E-state index in [1.165, 1.54) is 6.07 Å². The highest BCUT2D eigenvalue weighted by Gasteiger charge is 2.07. The molecule has 0 aliphatic carbocycles. The van der Waals surface area contributed by atoms with Gasteiger partial charge in [-0.25, -0.2) is 4.79 Å². The highest BCUT2D eigenvalue weighted by Crippen LogP contribution is 2.28. The molecule has 0 fully saturated rings. The molecule has 4 heteroatoms. The summed E-state index contributed by atoms with van der Waals surface area (Å²) >= 11 is 7.57. The quantitative estimate of drug-likeness (QED) is 0.630. The first-order chi connectivity index (χ1) is 7.15. The van der Waals surface area contributed by atoms with Crippen molar-refractivity contribution in [3.05, 3.63) is 28.8 Å². The largest absolute Gasteiger partial charge is 0.478 e. The summed E-state index contributed by atoms with van der Waals surface area (Å²) in [4.78, 5) is 11.6. The van der Waals surface area contributed by atoms with E-state index in [2.05, 4.69) is 6.92 Å². The summed E-state index contributed by atoms with van der Waals surface area (Å²) in [6.45, 7) is 2.12. The zero-order chi connectivity index (χ0) is 11.3. The van der Waals surface area contributed by atoms with Gasteiger partial charge >= 0.3 is 5.97 Å². The van der Waals surface area contributed by atoms with Gasteiger partial charge < -0.3 is 5.11 Å². The Morgan fingerprint density at radius 2 is 2.27 bits per heavy atom. The van der Waals surface area contributed by atoms with Crippen molar-refractivity contribution in [2.24, 2.45) is 0 Å². The Hall–Kier alpha value is -0.670. The van der Waals surface area contributed by atoms with Crippen LogP contribution in [0.4, 0.5) is 0 Å². The van der Waals surface area contributed by atoms with Gasteiger partial charge in [-0.05, 0) is 30.4 Å². The van der Waals surface area contributed by atoms with Crippen LogP contribution in [0.2, 0.25) is 5.02 Å². The van der Waals surface area contributed by atoms with Crippen molar-refractivity contribution in [2.45, 2.75) is 24.7 Å². The zero-order valence-corrected chi connectivity index (χ0v) is 10.1. The molecule has 2 nitrogen and oxygen atoms in total. The lowest BCUT2D eigenvalue weighted by molar-refractivity contribution is 0.0696. The first-order valence-electron chi connectivity index (χ1n) is 4.80. The van der Waals surface area contributed by atoms with Crippen LogP contribution in [0.25, 0.3) is 0 Å². The standard InChI is InChI=1S/C11H13ClO2S/c1-2-3-6-15-10-7-8(11(13)14)4-5-9(10)12/h4-5,7H,2-3,6H2,1H3,(H,13,14). The number of unbranched alkanes of at least 4 members (excludes halogenated alkanes) is 1. The van der Waals surface area contributed by atoms with Crippen molar-refractivity contribution < 1.29 is 9.90 Å². The second-order valence-electron chi connectivity index (χ2n) is 3.15. The van der Waals surface area contributed by atoms with Crippen molar-refractivity contribution >= 4 is 29.3 Å². The number of hydrogen-bond acceptors (Lipinski definition) is 2. The minimum atomic E-state index is -0.913. The molecule has 0 aromatic heterocycles. The van der Waals surface area contributed by atoms with Gasteiger partial charge in [0.25, 0.3) is 0 Å². The molecule has 0 radical (unpaired) electrons. The predicted molar refractivity (Wildman–Crippen MR) is 64.0 cm³/mol. The summed E-state index contributed by atoms with van der Waals surface area (Å²) in [6, 6.07) is 4.79. The van der Waals surface area contributed by atoms with Crippen LogP contribution in [0.15, 0.2) is 23.1 Å². The number of rotatable bonds is 5. The summed E-state index contributed by atoms with van der Waals surface area (Å²) in [5.41, 5.74) is 0.290. The van der Waals surface area contributed by atoms with Gasteiger partial charge in [0.1, 0.15) is 0 Å². The minimum absolute atomic E-state index is 0.290. The molecule has 0 heterocycles. The number of benzene rings is 1. The van der Waals surface area contributed by atoms with Crippen LogP contribution in [0.1, 0.15) is 30.1 Å². The smallest absolute Gasteiger partial charge is 0.335 e. The average Bonchev–Trinajstić information content (AvgIpc) is 2.20. The topological polar surface area (TPSA) is 37.3 Å². The molecular weight excluding hydrogens is 232 g/mol. The van der Waals surface area contributed by atoms with Gasteiger partial charge in [-0.2, -0.15) is 0 Å². The normalized spacial score (nSPS) is 10.3. The highest BCUT2D eigenvalue weighted by molar-refractivity contribution is 7.99. The third-order valence-corrected chi connectivity index (χ3v) is 3.52. The van der Waals surface area contributed by atoms with Gasteiger partial charge in [-0.15, -0.1) is 11.8 Å². The Labute approximate surface area is 98.6 Å². The van der Waals surface area contributed by atoms with Crippen LogP contribution in [-0.2, 0) is 0 Å². The molecule has 0 amide bonds. The maximum atomic E-state index is 10.7. The lowest BCUT2D eigenvalue weighted by atomic mass is 10.2. The molecule has 15 heavy (non-hydrogen) atoms. The number of carboxylic acids is 1. The molecule has 0 saturated heterocycles.